The fraction of sp³-hybridized carbons (Fsp3) is 0.348. The third-order valence-electron chi connectivity index (χ3n) is 5.64. The Morgan fingerprint density at radius 1 is 1.20 bits per heavy atom. The highest BCUT2D eigenvalue weighted by Crippen LogP contribution is 2.39. The van der Waals surface area contributed by atoms with Crippen LogP contribution < -0.4 is 10.5 Å². The molecule has 2 amide bonds. The number of rotatable bonds is 5. The molecule has 1 aromatic carbocycles. The number of nitrogens with two attached hydrogens (primary N) is 1. The molecule has 6 nitrogen and oxygen atoms in total. The number of carbonyl (C=O) groups is 2. The zero-order valence-electron chi connectivity index (χ0n) is 17.3. The minimum absolute atomic E-state index is 0.00695. The van der Waals surface area contributed by atoms with E-state index in [0.717, 1.165) is 34.6 Å². The van der Waals surface area contributed by atoms with Gasteiger partial charge in [-0.05, 0) is 62.6 Å². The number of hydrazone groups is 1. The smallest absolute Gasteiger partial charge is 0.258 e. The van der Waals surface area contributed by atoms with Crippen molar-refractivity contribution in [3.8, 4) is 16.2 Å². The van der Waals surface area contributed by atoms with Gasteiger partial charge in [0.25, 0.3) is 5.91 Å². The standard InChI is InChI=1S/C23H25N3O3S/c1-13(2)26-23(28)16-7-5-4-6-15(16)21(25-26)14-8-9-18(29-3)17(12-14)19-10-11-20(30-19)22(24)27/h4-5,8-13,15-16H,6-7H2,1-3H3,(H2,24,27)/t15-,16+/m0/s1. The van der Waals surface area contributed by atoms with Gasteiger partial charge < -0.3 is 10.5 Å². The lowest BCUT2D eigenvalue weighted by atomic mass is 9.76. The van der Waals surface area contributed by atoms with Gasteiger partial charge in [0.15, 0.2) is 0 Å². The first kappa shape index (κ1) is 20.3. The summed E-state index contributed by atoms with van der Waals surface area (Å²) in [5, 5.41) is 6.42. The van der Waals surface area contributed by atoms with E-state index in [-0.39, 0.29) is 23.8 Å². The van der Waals surface area contributed by atoms with Gasteiger partial charge in [-0.25, -0.2) is 5.01 Å². The first-order valence-corrected chi connectivity index (χ1v) is 10.9. The van der Waals surface area contributed by atoms with E-state index in [1.165, 1.54) is 11.3 Å². The number of fused-ring (bicyclic) bond motifs is 1. The lowest BCUT2D eigenvalue weighted by Crippen LogP contribution is -2.47. The van der Waals surface area contributed by atoms with Gasteiger partial charge in [0.1, 0.15) is 5.75 Å². The number of benzene rings is 1. The number of primary amides is 1. The number of nitrogens with zero attached hydrogens (tertiary/aromatic N) is 2. The summed E-state index contributed by atoms with van der Waals surface area (Å²) in [5.74, 6) is 0.342. The van der Waals surface area contributed by atoms with Crippen LogP contribution in [0.15, 0.2) is 47.6 Å². The van der Waals surface area contributed by atoms with Gasteiger partial charge in [-0.2, -0.15) is 5.10 Å². The average molecular weight is 424 g/mol. The SMILES string of the molecule is COc1ccc(C2=NN(C(C)C)C(=O)[C@@H]3CC=CC[C@H]23)cc1-c1ccc(C(N)=O)s1. The maximum absolute atomic E-state index is 13.0. The third-order valence-corrected chi connectivity index (χ3v) is 6.77. The van der Waals surface area contributed by atoms with Gasteiger partial charge in [0.2, 0.25) is 5.91 Å². The summed E-state index contributed by atoms with van der Waals surface area (Å²) in [7, 11) is 1.63. The monoisotopic (exact) mass is 423 g/mol. The molecule has 2 aliphatic rings. The van der Waals surface area contributed by atoms with Crippen LogP contribution in [-0.2, 0) is 4.79 Å². The van der Waals surface area contributed by atoms with Crippen LogP contribution in [0.3, 0.4) is 0 Å². The van der Waals surface area contributed by atoms with Crippen LogP contribution >= 0.6 is 11.3 Å². The van der Waals surface area contributed by atoms with Crippen molar-refractivity contribution in [2.75, 3.05) is 7.11 Å². The number of amides is 2. The summed E-state index contributed by atoms with van der Waals surface area (Å²) in [6.45, 7) is 3.96. The molecule has 1 aliphatic heterocycles. The number of ether oxygens (including phenoxy) is 1. The van der Waals surface area contributed by atoms with E-state index in [2.05, 4.69) is 12.2 Å². The number of carbonyl (C=O) groups excluding carboxylic acids is 2. The first-order chi connectivity index (χ1) is 14.4. The van der Waals surface area contributed by atoms with E-state index in [4.69, 9.17) is 15.6 Å². The molecule has 0 fully saturated rings. The van der Waals surface area contributed by atoms with Crippen LogP contribution in [0.1, 0.15) is 41.9 Å². The van der Waals surface area contributed by atoms with Gasteiger partial charge in [0, 0.05) is 22.4 Å². The van der Waals surface area contributed by atoms with E-state index in [0.29, 0.717) is 10.6 Å². The molecule has 30 heavy (non-hydrogen) atoms. The molecule has 4 rings (SSSR count). The van der Waals surface area contributed by atoms with Crippen molar-refractivity contribution in [2.45, 2.75) is 32.7 Å². The van der Waals surface area contributed by atoms with Crippen LogP contribution in [0.5, 0.6) is 5.75 Å². The number of hydrogen-bond donors (Lipinski definition) is 1. The average Bonchev–Trinajstić information content (AvgIpc) is 3.24. The molecule has 2 heterocycles. The molecule has 0 radical (unpaired) electrons. The van der Waals surface area contributed by atoms with E-state index >= 15 is 0 Å². The number of hydrogen-bond acceptors (Lipinski definition) is 5. The summed E-state index contributed by atoms with van der Waals surface area (Å²) in [5.41, 5.74) is 8.20. The second-order valence-electron chi connectivity index (χ2n) is 7.86. The summed E-state index contributed by atoms with van der Waals surface area (Å²) in [6, 6.07) is 9.55. The van der Waals surface area contributed by atoms with Crippen LogP contribution in [0, 0.1) is 11.8 Å². The Morgan fingerprint density at radius 3 is 2.57 bits per heavy atom. The van der Waals surface area contributed by atoms with Crippen molar-refractivity contribution in [3.63, 3.8) is 0 Å². The van der Waals surface area contributed by atoms with Crippen molar-refractivity contribution in [1.82, 2.24) is 5.01 Å². The van der Waals surface area contributed by atoms with Gasteiger partial charge in [-0.1, -0.05) is 12.2 Å². The van der Waals surface area contributed by atoms with Crippen LogP contribution in [0.2, 0.25) is 0 Å². The highest BCUT2D eigenvalue weighted by Gasteiger charge is 2.40. The molecule has 1 aliphatic carbocycles. The molecule has 2 N–H and O–H groups in total. The zero-order chi connectivity index (χ0) is 21.4. The zero-order valence-corrected chi connectivity index (χ0v) is 18.1. The lowest BCUT2D eigenvalue weighted by Gasteiger charge is -2.38. The summed E-state index contributed by atoms with van der Waals surface area (Å²) < 4.78 is 5.57. The van der Waals surface area contributed by atoms with Gasteiger partial charge in [-0.3, -0.25) is 9.59 Å². The Balaban J connectivity index is 1.82. The highest BCUT2D eigenvalue weighted by atomic mass is 32.1. The molecule has 2 atom stereocenters. The second kappa shape index (κ2) is 8.07. The minimum Gasteiger partial charge on any atom is -0.496 e. The van der Waals surface area contributed by atoms with E-state index in [1.807, 2.05) is 38.1 Å². The van der Waals surface area contributed by atoms with Crippen LogP contribution in [0.4, 0.5) is 0 Å². The predicted molar refractivity (Wildman–Crippen MR) is 119 cm³/mol. The molecular weight excluding hydrogens is 398 g/mol. The van der Waals surface area contributed by atoms with Crippen molar-refractivity contribution < 1.29 is 14.3 Å². The van der Waals surface area contributed by atoms with E-state index in [9.17, 15) is 9.59 Å². The lowest BCUT2D eigenvalue weighted by molar-refractivity contribution is -0.139. The van der Waals surface area contributed by atoms with E-state index in [1.54, 1.807) is 18.2 Å². The van der Waals surface area contributed by atoms with Crippen LogP contribution in [0.25, 0.3) is 10.4 Å². The van der Waals surface area contributed by atoms with Crippen molar-refractivity contribution in [3.05, 3.63) is 52.9 Å². The number of thiophene rings is 1. The van der Waals surface area contributed by atoms with Crippen LogP contribution in [-0.4, -0.2) is 35.7 Å². The number of methoxy groups -OCH3 is 1. The van der Waals surface area contributed by atoms with Crippen molar-refractivity contribution in [2.24, 2.45) is 22.7 Å². The molecule has 0 saturated heterocycles. The molecule has 0 saturated carbocycles. The van der Waals surface area contributed by atoms with Gasteiger partial charge >= 0.3 is 0 Å². The topological polar surface area (TPSA) is 85.0 Å². The minimum atomic E-state index is -0.444. The predicted octanol–water partition coefficient (Wildman–Crippen LogP) is 4.06. The second-order valence-corrected chi connectivity index (χ2v) is 8.94. The normalized spacial score (nSPS) is 20.9. The van der Waals surface area contributed by atoms with Gasteiger partial charge in [-0.15, -0.1) is 11.3 Å². The molecule has 2 aromatic rings. The summed E-state index contributed by atoms with van der Waals surface area (Å²) in [6.07, 6.45) is 5.77. The Kier molecular flexibility index (Phi) is 5.47. The number of allylic oxidation sites excluding steroid dienone is 2. The van der Waals surface area contributed by atoms with Gasteiger partial charge in [0.05, 0.1) is 23.6 Å². The maximum Gasteiger partial charge on any atom is 0.258 e. The Bertz CT molecular complexity index is 1050. The summed E-state index contributed by atoms with van der Waals surface area (Å²) >= 11 is 1.34. The fourth-order valence-electron chi connectivity index (χ4n) is 4.12. The Hall–Kier alpha value is -2.93. The molecule has 0 unspecified atom stereocenters. The molecule has 0 bridgehead atoms. The highest BCUT2D eigenvalue weighted by molar-refractivity contribution is 7.17. The fourth-order valence-corrected chi connectivity index (χ4v) is 4.99. The molecule has 7 heteroatoms. The largest absolute Gasteiger partial charge is 0.496 e. The maximum atomic E-state index is 13.0. The first-order valence-electron chi connectivity index (χ1n) is 10.1. The molecular formula is C23H25N3O3S. The molecule has 156 valence electrons. The molecule has 0 spiro atoms. The molecule has 1 aromatic heterocycles. The van der Waals surface area contributed by atoms with Crippen molar-refractivity contribution >= 4 is 28.9 Å². The Morgan fingerprint density at radius 2 is 1.93 bits per heavy atom. The van der Waals surface area contributed by atoms with E-state index < -0.39 is 5.91 Å². The Labute approximate surface area is 180 Å². The third kappa shape index (κ3) is 3.54. The quantitative estimate of drug-likeness (QED) is 0.736. The van der Waals surface area contributed by atoms with Crippen molar-refractivity contribution in [1.29, 1.82) is 0 Å². The summed E-state index contributed by atoms with van der Waals surface area (Å²) in [4.78, 5) is 25.9.